The van der Waals surface area contributed by atoms with Gasteiger partial charge in [-0.15, -0.1) is 0 Å². The second-order valence-electron chi connectivity index (χ2n) is 9.55. The lowest BCUT2D eigenvalue weighted by molar-refractivity contribution is -0.124. The van der Waals surface area contributed by atoms with E-state index in [0.29, 0.717) is 30.1 Å². The lowest BCUT2D eigenvalue weighted by Gasteiger charge is -2.35. The zero-order valence-corrected chi connectivity index (χ0v) is 20.7. The van der Waals surface area contributed by atoms with Gasteiger partial charge < -0.3 is 15.4 Å². The number of likely N-dealkylation sites (tertiary alicyclic amines) is 1. The average Bonchev–Trinajstić information content (AvgIpc) is 2.84. The van der Waals surface area contributed by atoms with E-state index in [1.165, 1.54) is 0 Å². The van der Waals surface area contributed by atoms with Crippen LogP contribution >= 0.6 is 11.6 Å². The zero-order valence-electron chi connectivity index (χ0n) is 19.9. The van der Waals surface area contributed by atoms with Gasteiger partial charge in [0, 0.05) is 30.4 Å². The number of para-hydroxylation sites is 1. The molecule has 1 atom stereocenters. The molecule has 1 aromatic carbocycles. The molecule has 2 N–H and O–H groups in total. The van der Waals surface area contributed by atoms with Gasteiger partial charge in [-0.3, -0.25) is 9.69 Å². The number of carbonyl (C=O) groups excluding carboxylic acids is 1. The third-order valence-corrected chi connectivity index (χ3v) is 7.19. The minimum Gasteiger partial charge on any atom is -0.377 e. The maximum absolute atomic E-state index is 12.0. The molecular weight excluding hydrogens is 464 g/mol. The van der Waals surface area contributed by atoms with Crippen molar-refractivity contribution in [2.24, 2.45) is 5.92 Å². The van der Waals surface area contributed by atoms with Crippen LogP contribution in [0.1, 0.15) is 31.0 Å². The number of carbonyl (C=O) groups is 1. The quantitative estimate of drug-likeness (QED) is 0.495. The van der Waals surface area contributed by atoms with Crippen molar-refractivity contribution in [3.63, 3.8) is 0 Å². The van der Waals surface area contributed by atoms with Crippen LogP contribution in [0, 0.1) is 5.92 Å². The first kappa shape index (κ1) is 23.9. The molecule has 0 bridgehead atoms. The zero-order chi connectivity index (χ0) is 24.2. The summed E-state index contributed by atoms with van der Waals surface area (Å²) >= 11 is 6.33. The first-order valence-corrected chi connectivity index (χ1v) is 12.6. The number of halogens is 1. The Labute approximate surface area is 210 Å². The van der Waals surface area contributed by atoms with E-state index in [9.17, 15) is 4.79 Å². The number of hydrogen-bond donors (Lipinski definition) is 2. The minimum atomic E-state index is -0.0234. The number of ether oxygens (including phenoxy) is 1. The Hall–Kier alpha value is -2.81. The molecule has 2 aliphatic heterocycles. The Balaban J connectivity index is 1.08. The Morgan fingerprint density at radius 2 is 1.94 bits per heavy atom. The molecule has 5 rings (SSSR count). The van der Waals surface area contributed by atoms with Crippen molar-refractivity contribution in [3.05, 3.63) is 59.0 Å². The number of pyridine rings is 1. The van der Waals surface area contributed by atoms with Crippen molar-refractivity contribution < 1.29 is 9.53 Å². The van der Waals surface area contributed by atoms with Gasteiger partial charge in [0.05, 0.1) is 41.9 Å². The van der Waals surface area contributed by atoms with Crippen molar-refractivity contribution in [2.75, 3.05) is 31.6 Å². The number of rotatable bonds is 8. The van der Waals surface area contributed by atoms with Gasteiger partial charge in [0.25, 0.3) is 0 Å². The first-order chi connectivity index (χ1) is 17.0. The summed E-state index contributed by atoms with van der Waals surface area (Å²) in [6, 6.07) is 10.5. The monoisotopic (exact) mass is 494 g/mol. The van der Waals surface area contributed by atoms with E-state index in [1.54, 1.807) is 12.4 Å². The van der Waals surface area contributed by atoms with Crippen LogP contribution in [-0.4, -0.2) is 64.1 Å². The van der Waals surface area contributed by atoms with E-state index in [2.05, 4.69) is 44.6 Å². The number of hydrogen-bond acceptors (Lipinski definition) is 7. The summed E-state index contributed by atoms with van der Waals surface area (Å²) in [5.41, 5.74) is 2.73. The molecule has 2 aromatic heterocycles. The summed E-state index contributed by atoms with van der Waals surface area (Å²) in [5.74, 6) is 1.13. The molecule has 2 saturated heterocycles. The highest BCUT2D eigenvalue weighted by Gasteiger charge is 2.25. The van der Waals surface area contributed by atoms with Crippen molar-refractivity contribution >= 4 is 34.4 Å². The molecular formula is C26H31ClN6O2. The molecule has 3 aromatic rings. The molecule has 8 nitrogen and oxygen atoms in total. The highest BCUT2D eigenvalue weighted by Crippen LogP contribution is 2.25. The van der Waals surface area contributed by atoms with Gasteiger partial charge in [-0.2, -0.15) is 0 Å². The summed E-state index contributed by atoms with van der Waals surface area (Å²) in [6.45, 7) is 6.27. The standard InChI is InChI=1S/C26H31ClN6O2/c1-17(30-26-28-12-18(13-29-26)11-24(34)31-22-15-35-16-22)19-7-9-33(10-8-19)14-21-6-5-20-3-2-4-23(27)25(20)32-21/h2-6,12-13,17,19,22H,7-11,14-16H2,1H3,(H,31,34)(H,28,29,30)/t17-/m1/s1. The van der Waals surface area contributed by atoms with Crippen molar-refractivity contribution in [1.29, 1.82) is 0 Å². The highest BCUT2D eigenvalue weighted by molar-refractivity contribution is 6.35. The van der Waals surface area contributed by atoms with Gasteiger partial charge in [0.2, 0.25) is 11.9 Å². The average molecular weight is 495 g/mol. The number of aromatic nitrogens is 3. The van der Waals surface area contributed by atoms with Crippen LogP contribution in [0.25, 0.3) is 10.9 Å². The lowest BCUT2D eigenvalue weighted by Crippen LogP contribution is -2.49. The third kappa shape index (κ3) is 6.07. The number of anilines is 1. The van der Waals surface area contributed by atoms with E-state index in [-0.39, 0.29) is 24.4 Å². The molecule has 0 saturated carbocycles. The van der Waals surface area contributed by atoms with Gasteiger partial charge >= 0.3 is 0 Å². The van der Waals surface area contributed by atoms with Gasteiger partial charge in [0.15, 0.2) is 0 Å². The summed E-state index contributed by atoms with van der Waals surface area (Å²) in [7, 11) is 0. The second-order valence-corrected chi connectivity index (χ2v) is 9.96. The van der Waals surface area contributed by atoms with Crippen LogP contribution in [0.5, 0.6) is 0 Å². The Morgan fingerprint density at radius 3 is 2.66 bits per heavy atom. The molecule has 0 radical (unpaired) electrons. The molecule has 1 amide bonds. The van der Waals surface area contributed by atoms with E-state index in [4.69, 9.17) is 21.3 Å². The third-order valence-electron chi connectivity index (χ3n) is 6.88. The Morgan fingerprint density at radius 1 is 1.17 bits per heavy atom. The molecule has 9 heteroatoms. The van der Waals surface area contributed by atoms with E-state index in [0.717, 1.165) is 54.6 Å². The van der Waals surface area contributed by atoms with E-state index >= 15 is 0 Å². The van der Waals surface area contributed by atoms with Crippen LogP contribution < -0.4 is 10.6 Å². The topological polar surface area (TPSA) is 92.3 Å². The number of piperidine rings is 1. The van der Waals surface area contributed by atoms with Crippen LogP contribution in [-0.2, 0) is 22.5 Å². The van der Waals surface area contributed by atoms with Gasteiger partial charge in [0.1, 0.15) is 0 Å². The molecule has 0 aliphatic carbocycles. The largest absolute Gasteiger partial charge is 0.377 e. The molecule has 2 aliphatic rings. The molecule has 35 heavy (non-hydrogen) atoms. The van der Waals surface area contributed by atoms with Crippen molar-refractivity contribution in [2.45, 2.75) is 44.8 Å². The van der Waals surface area contributed by atoms with E-state index < -0.39 is 0 Å². The molecule has 0 unspecified atom stereocenters. The summed E-state index contributed by atoms with van der Waals surface area (Å²) in [5, 5.41) is 8.15. The van der Waals surface area contributed by atoms with Gasteiger partial charge in [-0.05, 0) is 56.5 Å². The number of benzene rings is 1. The van der Waals surface area contributed by atoms with Crippen molar-refractivity contribution in [3.8, 4) is 0 Å². The fraction of sp³-hybridized carbons (Fsp3) is 0.462. The fourth-order valence-corrected chi connectivity index (χ4v) is 4.93. The van der Waals surface area contributed by atoms with E-state index in [1.807, 2.05) is 18.2 Å². The first-order valence-electron chi connectivity index (χ1n) is 12.2. The van der Waals surface area contributed by atoms with Crippen molar-refractivity contribution in [1.82, 2.24) is 25.2 Å². The number of nitrogens with zero attached hydrogens (tertiary/aromatic N) is 4. The minimum absolute atomic E-state index is 0.0234. The van der Waals surface area contributed by atoms with Crippen LogP contribution in [0.4, 0.5) is 5.95 Å². The number of amides is 1. The van der Waals surface area contributed by atoms with Gasteiger partial charge in [-0.25, -0.2) is 15.0 Å². The van der Waals surface area contributed by atoms with Crippen LogP contribution in [0.3, 0.4) is 0 Å². The number of fused-ring (bicyclic) bond motifs is 1. The Kier molecular flexibility index (Phi) is 7.41. The smallest absolute Gasteiger partial charge is 0.224 e. The lowest BCUT2D eigenvalue weighted by atomic mass is 9.90. The maximum atomic E-state index is 12.0. The summed E-state index contributed by atoms with van der Waals surface area (Å²) in [6.07, 6.45) is 5.94. The fourth-order valence-electron chi connectivity index (χ4n) is 4.70. The van der Waals surface area contributed by atoms with Crippen LogP contribution in [0.15, 0.2) is 42.7 Å². The second kappa shape index (κ2) is 10.8. The number of nitrogens with one attached hydrogen (secondary N) is 2. The highest BCUT2D eigenvalue weighted by atomic mass is 35.5. The predicted octanol–water partition coefficient (Wildman–Crippen LogP) is 3.45. The SMILES string of the molecule is C[C@@H](Nc1ncc(CC(=O)NC2COC2)cn1)C1CCN(Cc2ccc3cccc(Cl)c3n2)CC1. The summed E-state index contributed by atoms with van der Waals surface area (Å²) in [4.78, 5) is 28.2. The van der Waals surface area contributed by atoms with Gasteiger partial charge in [-0.1, -0.05) is 29.8 Å². The maximum Gasteiger partial charge on any atom is 0.224 e. The molecule has 4 heterocycles. The molecule has 0 spiro atoms. The Bertz CT molecular complexity index is 1160. The molecule has 184 valence electrons. The molecule has 2 fully saturated rings. The normalized spacial score (nSPS) is 18.2. The predicted molar refractivity (Wildman–Crippen MR) is 136 cm³/mol. The van der Waals surface area contributed by atoms with Crippen LogP contribution in [0.2, 0.25) is 5.02 Å². The summed E-state index contributed by atoms with van der Waals surface area (Å²) < 4.78 is 5.08.